The van der Waals surface area contributed by atoms with E-state index in [2.05, 4.69) is 0 Å². The number of furan rings is 1. The predicted molar refractivity (Wildman–Crippen MR) is 94.6 cm³/mol. The Morgan fingerprint density at radius 1 is 1.20 bits per heavy atom. The van der Waals surface area contributed by atoms with Crippen molar-refractivity contribution in [3.05, 3.63) is 75.5 Å². The summed E-state index contributed by atoms with van der Waals surface area (Å²) in [7, 11) is 1.62. The number of para-hydroxylation sites is 2. The van der Waals surface area contributed by atoms with Gasteiger partial charge in [-0.2, -0.15) is 0 Å². The van der Waals surface area contributed by atoms with Gasteiger partial charge in [0.15, 0.2) is 0 Å². The number of benzene rings is 2. The van der Waals surface area contributed by atoms with Crippen LogP contribution in [0.4, 0.5) is 5.69 Å². The van der Waals surface area contributed by atoms with Crippen LogP contribution in [0.3, 0.4) is 0 Å². The molecule has 1 atom stereocenters. The molecule has 0 saturated carbocycles. The molecule has 0 bridgehead atoms. The molecule has 1 aromatic heterocycles. The van der Waals surface area contributed by atoms with Crippen LogP contribution in [0, 0.1) is 17.0 Å². The lowest BCUT2D eigenvalue weighted by molar-refractivity contribution is -0.385. The van der Waals surface area contributed by atoms with Gasteiger partial charge in [0.2, 0.25) is 0 Å². The summed E-state index contributed by atoms with van der Waals surface area (Å²) >= 11 is 0. The van der Waals surface area contributed by atoms with E-state index < -0.39 is 10.8 Å². The minimum Gasteiger partial charge on any atom is -0.459 e. The van der Waals surface area contributed by atoms with Gasteiger partial charge in [0.1, 0.15) is 16.9 Å². The number of carbonyl (C=O) groups excluding carboxylic acids is 1. The topological polar surface area (TPSA) is 76.6 Å². The van der Waals surface area contributed by atoms with Gasteiger partial charge in [-0.05, 0) is 32.0 Å². The molecule has 0 unspecified atom stereocenters. The molecule has 1 amide bonds. The second kappa shape index (κ2) is 6.39. The largest absolute Gasteiger partial charge is 0.459 e. The highest BCUT2D eigenvalue weighted by atomic mass is 16.6. The van der Waals surface area contributed by atoms with Crippen molar-refractivity contribution in [3.8, 4) is 0 Å². The Balaban J connectivity index is 1.95. The number of hydrogen-bond donors (Lipinski definition) is 0. The number of amides is 1. The molecule has 3 aromatic rings. The van der Waals surface area contributed by atoms with Crippen LogP contribution in [0.15, 0.2) is 52.9 Å². The Hall–Kier alpha value is -3.15. The van der Waals surface area contributed by atoms with E-state index in [0.29, 0.717) is 11.3 Å². The third kappa shape index (κ3) is 2.98. The highest BCUT2D eigenvalue weighted by Gasteiger charge is 2.28. The number of nitro benzene ring substituents is 1. The summed E-state index contributed by atoms with van der Waals surface area (Å²) in [6.45, 7) is 3.45. The van der Waals surface area contributed by atoms with Crippen LogP contribution in [-0.2, 0) is 0 Å². The summed E-state index contributed by atoms with van der Waals surface area (Å²) in [5.74, 6) is 0.218. The first-order valence-electron chi connectivity index (χ1n) is 7.89. The fourth-order valence-corrected chi connectivity index (χ4v) is 2.84. The summed E-state index contributed by atoms with van der Waals surface area (Å²) in [4.78, 5) is 25.1. The smallest absolute Gasteiger partial charge is 0.285 e. The fraction of sp³-hybridized carbons (Fsp3) is 0.211. The van der Waals surface area contributed by atoms with E-state index in [4.69, 9.17) is 4.42 Å². The highest BCUT2D eigenvalue weighted by molar-refractivity contribution is 5.98. The van der Waals surface area contributed by atoms with Gasteiger partial charge in [-0.1, -0.05) is 30.3 Å². The number of carbonyl (C=O) groups is 1. The van der Waals surface area contributed by atoms with Crippen molar-refractivity contribution < 1.29 is 14.1 Å². The van der Waals surface area contributed by atoms with Gasteiger partial charge in [-0.15, -0.1) is 0 Å². The van der Waals surface area contributed by atoms with Crippen molar-refractivity contribution in [2.45, 2.75) is 19.9 Å². The maximum Gasteiger partial charge on any atom is 0.285 e. The van der Waals surface area contributed by atoms with Crippen LogP contribution in [0.5, 0.6) is 0 Å². The molecule has 0 N–H and O–H groups in total. The molecule has 128 valence electrons. The molecule has 0 spiro atoms. The third-order valence-corrected chi connectivity index (χ3v) is 4.41. The van der Waals surface area contributed by atoms with E-state index in [1.54, 1.807) is 26.1 Å². The van der Waals surface area contributed by atoms with E-state index in [1.807, 2.05) is 37.3 Å². The van der Waals surface area contributed by atoms with E-state index in [-0.39, 0.29) is 17.3 Å². The molecule has 6 heteroatoms. The molecule has 1 heterocycles. The van der Waals surface area contributed by atoms with Crippen LogP contribution in [0.2, 0.25) is 0 Å². The van der Waals surface area contributed by atoms with E-state index in [9.17, 15) is 14.9 Å². The van der Waals surface area contributed by atoms with Crippen LogP contribution in [-0.4, -0.2) is 22.8 Å². The Morgan fingerprint density at radius 2 is 1.92 bits per heavy atom. The van der Waals surface area contributed by atoms with Crippen molar-refractivity contribution in [1.29, 1.82) is 0 Å². The predicted octanol–water partition coefficient (Wildman–Crippen LogP) is 4.48. The normalized spacial score (nSPS) is 12.1. The molecular formula is C19H18N2O4. The van der Waals surface area contributed by atoms with E-state index in [0.717, 1.165) is 11.0 Å². The zero-order valence-corrected chi connectivity index (χ0v) is 14.2. The van der Waals surface area contributed by atoms with Gasteiger partial charge >= 0.3 is 0 Å². The number of aryl methyl sites for hydroxylation is 1. The van der Waals surface area contributed by atoms with Gasteiger partial charge in [0, 0.05) is 18.0 Å². The first-order valence-corrected chi connectivity index (χ1v) is 7.89. The lowest BCUT2D eigenvalue weighted by Gasteiger charge is -2.23. The number of rotatable bonds is 4. The second-order valence-electron chi connectivity index (χ2n) is 6.01. The Bertz CT molecular complexity index is 928. The van der Waals surface area contributed by atoms with Crippen LogP contribution in [0.25, 0.3) is 11.0 Å². The van der Waals surface area contributed by atoms with Crippen molar-refractivity contribution in [1.82, 2.24) is 4.90 Å². The summed E-state index contributed by atoms with van der Waals surface area (Å²) in [5.41, 5.74) is 1.12. The van der Waals surface area contributed by atoms with Crippen molar-refractivity contribution in [2.75, 3.05) is 7.05 Å². The summed E-state index contributed by atoms with van der Waals surface area (Å²) < 4.78 is 5.81. The maximum absolute atomic E-state index is 12.8. The first kappa shape index (κ1) is 16.7. The molecule has 6 nitrogen and oxygen atoms in total. The van der Waals surface area contributed by atoms with Crippen LogP contribution in [0.1, 0.15) is 34.6 Å². The van der Waals surface area contributed by atoms with Crippen molar-refractivity contribution in [2.24, 2.45) is 0 Å². The fourth-order valence-electron chi connectivity index (χ4n) is 2.84. The number of fused-ring (bicyclic) bond motifs is 1. The van der Waals surface area contributed by atoms with Crippen LogP contribution >= 0.6 is 0 Å². The van der Waals surface area contributed by atoms with Gasteiger partial charge in [0.25, 0.3) is 11.6 Å². The van der Waals surface area contributed by atoms with Gasteiger partial charge in [-0.25, -0.2) is 0 Å². The number of nitrogens with zero attached hydrogens (tertiary/aromatic N) is 2. The molecule has 0 aliphatic heterocycles. The molecule has 0 saturated heterocycles. The summed E-state index contributed by atoms with van der Waals surface area (Å²) in [6, 6.07) is 13.9. The molecule has 0 aliphatic carbocycles. The molecule has 2 aromatic carbocycles. The third-order valence-electron chi connectivity index (χ3n) is 4.41. The highest BCUT2D eigenvalue weighted by Crippen LogP contribution is 2.30. The molecule has 0 fully saturated rings. The maximum atomic E-state index is 12.8. The Morgan fingerprint density at radius 3 is 2.60 bits per heavy atom. The first-order chi connectivity index (χ1) is 11.9. The quantitative estimate of drug-likeness (QED) is 0.519. The second-order valence-corrected chi connectivity index (χ2v) is 6.01. The minimum absolute atomic E-state index is 0.0791. The molecular weight excluding hydrogens is 320 g/mol. The zero-order chi connectivity index (χ0) is 18.1. The monoisotopic (exact) mass is 338 g/mol. The van der Waals surface area contributed by atoms with Gasteiger partial charge in [-0.3, -0.25) is 14.9 Å². The lowest BCUT2D eigenvalue weighted by Crippen LogP contribution is -2.30. The lowest BCUT2D eigenvalue weighted by atomic mass is 10.1. The van der Waals surface area contributed by atoms with Crippen molar-refractivity contribution in [3.63, 3.8) is 0 Å². The summed E-state index contributed by atoms with van der Waals surface area (Å²) in [6.07, 6.45) is 0. The molecule has 0 aliphatic rings. The average molecular weight is 338 g/mol. The summed E-state index contributed by atoms with van der Waals surface area (Å²) in [5, 5.41) is 12.3. The Kier molecular flexibility index (Phi) is 4.27. The molecule has 0 radical (unpaired) electrons. The van der Waals surface area contributed by atoms with E-state index >= 15 is 0 Å². The number of hydrogen-bond acceptors (Lipinski definition) is 4. The van der Waals surface area contributed by atoms with Crippen molar-refractivity contribution >= 4 is 22.6 Å². The zero-order valence-electron chi connectivity index (χ0n) is 14.2. The standard InChI is InChI=1S/C19H18N2O4/c1-12-7-6-9-15(18(12)21(23)24)19(22)20(3)13(2)17-11-14-8-4-5-10-16(14)25-17/h4-11,13H,1-3H3/t13-/m1/s1. The van der Waals surface area contributed by atoms with Gasteiger partial charge < -0.3 is 9.32 Å². The molecule has 3 rings (SSSR count). The average Bonchev–Trinajstić information content (AvgIpc) is 3.03. The molecule has 25 heavy (non-hydrogen) atoms. The minimum atomic E-state index is -0.512. The SMILES string of the molecule is Cc1cccc(C(=O)N(C)[C@H](C)c2cc3ccccc3o2)c1[N+](=O)[O-]. The number of nitro groups is 1. The van der Waals surface area contributed by atoms with E-state index in [1.165, 1.54) is 11.0 Å². The van der Waals surface area contributed by atoms with Crippen LogP contribution < -0.4 is 0 Å². The Labute approximate surface area is 144 Å². The van der Waals surface area contributed by atoms with Gasteiger partial charge in [0.05, 0.1) is 11.0 Å².